The van der Waals surface area contributed by atoms with Gasteiger partial charge in [-0.2, -0.15) is 5.10 Å². The van der Waals surface area contributed by atoms with E-state index in [0.717, 1.165) is 48.2 Å². The van der Waals surface area contributed by atoms with Gasteiger partial charge in [-0.05, 0) is 37.3 Å². The molecule has 2 aromatic carbocycles. The molecule has 0 spiro atoms. The van der Waals surface area contributed by atoms with Crippen LogP contribution in [0.3, 0.4) is 0 Å². The van der Waals surface area contributed by atoms with E-state index in [4.69, 9.17) is 0 Å². The minimum Gasteiger partial charge on any atom is -0.326 e. The molecule has 2 heterocycles. The van der Waals surface area contributed by atoms with Gasteiger partial charge in [0.05, 0.1) is 11.7 Å². The number of aromatic nitrogens is 2. The first-order valence-corrected chi connectivity index (χ1v) is 11.5. The molecular weight excluding hydrogens is 378 g/mol. The van der Waals surface area contributed by atoms with Gasteiger partial charge >= 0.3 is 0 Å². The smallest absolute Gasteiger partial charge is 0.273 e. The summed E-state index contributed by atoms with van der Waals surface area (Å²) in [7, 11) is 0. The third-order valence-electron chi connectivity index (χ3n) is 5.62. The molecule has 0 bridgehead atoms. The molecule has 1 aromatic heterocycles. The first-order valence-electron chi connectivity index (χ1n) is 10.2. The largest absolute Gasteiger partial charge is 0.326 e. The molecule has 1 N–H and O–H groups in total. The molecule has 0 saturated heterocycles. The Balaban J connectivity index is 1.79. The first-order chi connectivity index (χ1) is 14.1. The minimum absolute atomic E-state index is 0.0564. The van der Waals surface area contributed by atoms with Gasteiger partial charge in [-0.25, -0.2) is 0 Å². The topological polar surface area (TPSA) is 49.0 Å². The van der Waals surface area contributed by atoms with Gasteiger partial charge in [0.15, 0.2) is 0 Å². The summed E-state index contributed by atoms with van der Waals surface area (Å²) in [6.07, 6.45) is 5.35. The number of aryl methyl sites for hydroxylation is 1. The molecular formula is C24H27N3OS. The van der Waals surface area contributed by atoms with Crippen molar-refractivity contribution in [1.29, 1.82) is 0 Å². The number of rotatable bonds is 7. The Bertz CT molecular complexity index is 992. The van der Waals surface area contributed by atoms with Crippen LogP contribution in [0.5, 0.6) is 0 Å². The van der Waals surface area contributed by atoms with Crippen molar-refractivity contribution >= 4 is 17.7 Å². The Kier molecular flexibility index (Phi) is 5.76. The number of unbranched alkanes of at least 4 members (excludes halogenated alkanes) is 2. The normalized spacial score (nSPS) is 15.8. The van der Waals surface area contributed by atoms with Crippen molar-refractivity contribution in [3.8, 4) is 11.3 Å². The highest BCUT2D eigenvalue weighted by molar-refractivity contribution is 7.98. The second kappa shape index (κ2) is 8.46. The van der Waals surface area contributed by atoms with E-state index in [1.165, 1.54) is 10.5 Å². The molecule has 1 aliphatic rings. The fraction of sp³-hybridized carbons (Fsp3) is 0.333. The number of aromatic amines is 1. The Morgan fingerprint density at radius 2 is 1.79 bits per heavy atom. The van der Waals surface area contributed by atoms with E-state index in [-0.39, 0.29) is 11.9 Å². The number of hydrogen-bond donors (Lipinski definition) is 1. The molecule has 1 unspecified atom stereocenters. The maximum atomic E-state index is 13.2. The fourth-order valence-electron chi connectivity index (χ4n) is 4.02. The van der Waals surface area contributed by atoms with Crippen LogP contribution < -0.4 is 0 Å². The van der Waals surface area contributed by atoms with Crippen LogP contribution in [0.4, 0.5) is 0 Å². The first kappa shape index (κ1) is 19.8. The number of hydrogen-bond acceptors (Lipinski definition) is 3. The Labute approximate surface area is 176 Å². The number of H-pyrrole nitrogens is 1. The average Bonchev–Trinajstić information content (AvgIpc) is 3.28. The van der Waals surface area contributed by atoms with Crippen molar-refractivity contribution in [2.75, 3.05) is 12.8 Å². The Morgan fingerprint density at radius 1 is 1.07 bits per heavy atom. The van der Waals surface area contributed by atoms with Gasteiger partial charge in [-0.15, -0.1) is 11.8 Å². The van der Waals surface area contributed by atoms with Crippen LogP contribution in [-0.2, 0) is 0 Å². The summed E-state index contributed by atoms with van der Waals surface area (Å²) < 4.78 is 0. The molecule has 4 nitrogen and oxygen atoms in total. The highest BCUT2D eigenvalue weighted by Gasteiger charge is 2.41. The van der Waals surface area contributed by atoms with E-state index in [2.05, 4.69) is 78.8 Å². The molecule has 5 heteroatoms. The number of nitrogens with zero attached hydrogens (tertiary/aromatic N) is 2. The molecule has 4 rings (SSSR count). The van der Waals surface area contributed by atoms with Crippen LogP contribution in [0.25, 0.3) is 11.3 Å². The van der Waals surface area contributed by atoms with Crippen LogP contribution >= 0.6 is 11.8 Å². The van der Waals surface area contributed by atoms with E-state index in [1.54, 1.807) is 11.8 Å². The van der Waals surface area contributed by atoms with Crippen molar-refractivity contribution in [3.63, 3.8) is 0 Å². The van der Waals surface area contributed by atoms with Crippen molar-refractivity contribution in [1.82, 2.24) is 15.1 Å². The third kappa shape index (κ3) is 3.71. The third-order valence-corrected chi connectivity index (χ3v) is 6.37. The number of benzene rings is 2. The maximum absolute atomic E-state index is 13.2. The number of carbonyl (C=O) groups excluding carboxylic acids is 1. The molecule has 3 aromatic rings. The van der Waals surface area contributed by atoms with Crippen LogP contribution in [0.15, 0.2) is 53.4 Å². The molecule has 0 radical (unpaired) electrons. The van der Waals surface area contributed by atoms with Gasteiger partial charge < -0.3 is 4.90 Å². The molecule has 1 amide bonds. The molecule has 150 valence electrons. The van der Waals surface area contributed by atoms with Crippen LogP contribution in [-0.4, -0.2) is 33.8 Å². The van der Waals surface area contributed by atoms with Crippen LogP contribution in [0, 0.1) is 6.92 Å². The van der Waals surface area contributed by atoms with Crippen molar-refractivity contribution in [3.05, 3.63) is 70.9 Å². The molecule has 29 heavy (non-hydrogen) atoms. The molecule has 1 aliphatic heterocycles. The van der Waals surface area contributed by atoms with Crippen LogP contribution in [0.1, 0.15) is 59.4 Å². The zero-order valence-electron chi connectivity index (χ0n) is 17.2. The Morgan fingerprint density at radius 3 is 2.45 bits per heavy atom. The molecule has 0 saturated carbocycles. The second-order valence-electron chi connectivity index (χ2n) is 7.61. The SMILES string of the molecule is CCCCCN1C(=O)c2[nH]nc(-c3ccc(C)cc3)c2C1c1ccc(SC)cc1. The van der Waals surface area contributed by atoms with Crippen LogP contribution in [0.2, 0.25) is 0 Å². The second-order valence-corrected chi connectivity index (χ2v) is 8.49. The number of amides is 1. The summed E-state index contributed by atoms with van der Waals surface area (Å²) in [5.41, 5.74) is 5.92. The number of fused-ring (bicyclic) bond motifs is 1. The van der Waals surface area contributed by atoms with Gasteiger partial charge in [0.25, 0.3) is 5.91 Å². The number of carbonyl (C=O) groups is 1. The average molecular weight is 406 g/mol. The zero-order valence-corrected chi connectivity index (χ0v) is 18.1. The van der Waals surface area contributed by atoms with Gasteiger partial charge in [0, 0.05) is 22.6 Å². The minimum atomic E-state index is -0.0969. The van der Waals surface area contributed by atoms with Crippen molar-refractivity contribution < 1.29 is 4.79 Å². The number of thioether (sulfide) groups is 1. The van der Waals surface area contributed by atoms with E-state index in [1.807, 2.05) is 4.90 Å². The summed E-state index contributed by atoms with van der Waals surface area (Å²) in [5.74, 6) is 0.0564. The highest BCUT2D eigenvalue weighted by atomic mass is 32.2. The lowest BCUT2D eigenvalue weighted by molar-refractivity contribution is 0.0740. The fourth-order valence-corrected chi connectivity index (χ4v) is 4.43. The van der Waals surface area contributed by atoms with Gasteiger partial charge in [0.1, 0.15) is 5.69 Å². The highest BCUT2D eigenvalue weighted by Crippen LogP contribution is 2.43. The number of nitrogens with one attached hydrogen (secondary N) is 1. The Hall–Kier alpha value is -2.53. The standard InChI is InChI=1S/C24H27N3OS/c1-4-5-6-15-27-23(18-11-13-19(29-3)14-12-18)20-21(25-26-22(20)24(27)28)17-9-7-16(2)8-10-17/h7-14,23H,4-6,15H2,1-3H3,(H,25,26). The van der Waals surface area contributed by atoms with Crippen molar-refractivity contribution in [2.45, 2.75) is 44.0 Å². The summed E-state index contributed by atoms with van der Waals surface area (Å²) in [5, 5.41) is 7.60. The van der Waals surface area contributed by atoms with Gasteiger partial charge in [0.2, 0.25) is 0 Å². The summed E-state index contributed by atoms with van der Waals surface area (Å²) >= 11 is 1.73. The lowest BCUT2D eigenvalue weighted by Gasteiger charge is -2.26. The van der Waals surface area contributed by atoms with E-state index in [0.29, 0.717) is 5.69 Å². The predicted octanol–water partition coefficient (Wildman–Crippen LogP) is 5.84. The lowest BCUT2D eigenvalue weighted by Crippen LogP contribution is -2.30. The van der Waals surface area contributed by atoms with Gasteiger partial charge in [-0.1, -0.05) is 61.7 Å². The zero-order chi connectivity index (χ0) is 20.4. The van der Waals surface area contributed by atoms with Gasteiger partial charge in [-0.3, -0.25) is 9.89 Å². The van der Waals surface area contributed by atoms with Crippen molar-refractivity contribution in [2.24, 2.45) is 0 Å². The maximum Gasteiger partial charge on any atom is 0.273 e. The molecule has 0 aliphatic carbocycles. The monoisotopic (exact) mass is 405 g/mol. The molecule has 1 atom stereocenters. The van der Waals surface area contributed by atoms with E-state index >= 15 is 0 Å². The summed E-state index contributed by atoms with van der Waals surface area (Å²) in [6, 6.07) is 16.8. The predicted molar refractivity (Wildman–Crippen MR) is 119 cm³/mol. The quantitative estimate of drug-likeness (QED) is 0.397. The summed E-state index contributed by atoms with van der Waals surface area (Å²) in [4.78, 5) is 16.5. The summed E-state index contributed by atoms with van der Waals surface area (Å²) in [6.45, 7) is 5.03. The lowest BCUT2D eigenvalue weighted by atomic mass is 9.95. The van der Waals surface area contributed by atoms with E-state index < -0.39 is 0 Å². The molecule has 0 fully saturated rings. The van der Waals surface area contributed by atoms with E-state index in [9.17, 15) is 4.79 Å².